The second kappa shape index (κ2) is 8.30. The number of halogens is 1. The molecular formula is C20H27ClN2O4S. The van der Waals surface area contributed by atoms with Crippen LogP contribution in [0.2, 0.25) is 5.02 Å². The third-order valence-corrected chi connectivity index (χ3v) is 8.15. The topological polar surface area (TPSA) is 66.9 Å². The minimum absolute atomic E-state index is 0.113. The minimum atomic E-state index is -3.56. The summed E-state index contributed by atoms with van der Waals surface area (Å²) in [6.07, 6.45) is 5.07. The van der Waals surface area contributed by atoms with Gasteiger partial charge in [0, 0.05) is 49.3 Å². The smallest absolute Gasteiger partial charge is 0.243 e. The van der Waals surface area contributed by atoms with Crippen LogP contribution in [0.15, 0.2) is 29.2 Å². The number of sulfonamides is 1. The van der Waals surface area contributed by atoms with Gasteiger partial charge in [-0.15, -0.1) is 0 Å². The summed E-state index contributed by atoms with van der Waals surface area (Å²) >= 11 is 5.97. The second-order valence-corrected chi connectivity index (χ2v) is 10.3. The van der Waals surface area contributed by atoms with Crippen molar-refractivity contribution in [2.75, 3.05) is 26.3 Å². The summed E-state index contributed by atoms with van der Waals surface area (Å²) in [7, 11) is -3.56. The largest absolute Gasteiger partial charge is 0.381 e. The molecule has 2 aliphatic heterocycles. The zero-order chi connectivity index (χ0) is 19.7. The monoisotopic (exact) mass is 426 g/mol. The molecule has 2 saturated heterocycles. The van der Waals surface area contributed by atoms with E-state index in [4.69, 9.17) is 16.3 Å². The van der Waals surface area contributed by atoms with Crippen LogP contribution in [0.4, 0.5) is 0 Å². The molecule has 0 radical (unpaired) electrons. The summed E-state index contributed by atoms with van der Waals surface area (Å²) in [6.45, 7) is 2.25. The van der Waals surface area contributed by atoms with Gasteiger partial charge in [-0.1, -0.05) is 17.7 Å². The third-order valence-electron chi connectivity index (χ3n) is 6.02. The van der Waals surface area contributed by atoms with Crippen LogP contribution in [0.25, 0.3) is 0 Å². The van der Waals surface area contributed by atoms with Crippen LogP contribution in [0.1, 0.15) is 38.5 Å². The average molecular weight is 427 g/mol. The Labute approximate surface area is 171 Å². The molecule has 6 nitrogen and oxygen atoms in total. The first-order valence-electron chi connectivity index (χ1n) is 10.1. The summed E-state index contributed by atoms with van der Waals surface area (Å²) in [6, 6.07) is 6.74. The first kappa shape index (κ1) is 20.1. The molecule has 1 amide bonds. The molecule has 0 unspecified atom stereocenters. The lowest BCUT2D eigenvalue weighted by molar-refractivity contribution is -0.141. The van der Waals surface area contributed by atoms with Gasteiger partial charge in [-0.3, -0.25) is 4.79 Å². The zero-order valence-corrected chi connectivity index (χ0v) is 17.5. The SMILES string of the molecule is O=C(C1CC1)N(C1CCOCC1)C1CCN(S(=O)(=O)c2cccc(Cl)c2)CC1. The van der Waals surface area contributed by atoms with Crippen molar-refractivity contribution in [3.05, 3.63) is 29.3 Å². The van der Waals surface area contributed by atoms with E-state index in [9.17, 15) is 13.2 Å². The molecule has 3 aliphatic rings. The summed E-state index contributed by atoms with van der Waals surface area (Å²) in [4.78, 5) is 15.3. The Morgan fingerprint density at radius 3 is 2.29 bits per heavy atom. The molecule has 28 heavy (non-hydrogen) atoms. The van der Waals surface area contributed by atoms with Gasteiger partial charge < -0.3 is 9.64 Å². The number of carbonyl (C=O) groups excluding carboxylic acids is 1. The fraction of sp³-hybridized carbons (Fsp3) is 0.650. The zero-order valence-electron chi connectivity index (χ0n) is 15.9. The number of carbonyl (C=O) groups is 1. The molecule has 3 fully saturated rings. The number of hydrogen-bond donors (Lipinski definition) is 0. The van der Waals surface area contributed by atoms with E-state index >= 15 is 0 Å². The number of piperidine rings is 1. The molecular weight excluding hydrogens is 400 g/mol. The predicted molar refractivity (Wildman–Crippen MR) is 107 cm³/mol. The van der Waals surface area contributed by atoms with E-state index in [1.807, 2.05) is 0 Å². The van der Waals surface area contributed by atoms with E-state index in [1.165, 1.54) is 10.4 Å². The van der Waals surface area contributed by atoms with Gasteiger partial charge in [0.25, 0.3) is 0 Å². The van der Waals surface area contributed by atoms with Gasteiger partial charge in [-0.05, 0) is 56.7 Å². The lowest BCUT2D eigenvalue weighted by atomic mass is 9.98. The molecule has 0 aromatic heterocycles. The van der Waals surface area contributed by atoms with E-state index in [1.54, 1.807) is 18.2 Å². The number of rotatable bonds is 5. The maximum Gasteiger partial charge on any atom is 0.243 e. The van der Waals surface area contributed by atoms with Gasteiger partial charge in [0.05, 0.1) is 4.90 Å². The first-order valence-corrected chi connectivity index (χ1v) is 11.9. The van der Waals surface area contributed by atoms with Crippen LogP contribution < -0.4 is 0 Å². The normalized spacial score (nSPS) is 22.9. The van der Waals surface area contributed by atoms with Crippen LogP contribution in [0.5, 0.6) is 0 Å². The lowest BCUT2D eigenvalue weighted by Crippen LogP contribution is -2.54. The Morgan fingerprint density at radius 2 is 1.68 bits per heavy atom. The summed E-state index contributed by atoms with van der Waals surface area (Å²) < 4.78 is 32.9. The van der Waals surface area contributed by atoms with E-state index in [0.717, 1.165) is 25.7 Å². The van der Waals surface area contributed by atoms with Crippen molar-refractivity contribution in [3.63, 3.8) is 0 Å². The Kier molecular flexibility index (Phi) is 5.97. The van der Waals surface area contributed by atoms with Crippen molar-refractivity contribution < 1.29 is 17.9 Å². The maximum absolute atomic E-state index is 13.0. The quantitative estimate of drug-likeness (QED) is 0.726. The predicted octanol–water partition coefficient (Wildman–Crippen LogP) is 2.91. The van der Waals surface area contributed by atoms with E-state index in [0.29, 0.717) is 44.2 Å². The molecule has 1 aromatic carbocycles. The highest BCUT2D eigenvalue weighted by atomic mass is 35.5. The van der Waals surface area contributed by atoms with Gasteiger partial charge in [0.15, 0.2) is 0 Å². The van der Waals surface area contributed by atoms with Crippen LogP contribution in [-0.4, -0.2) is 61.9 Å². The van der Waals surface area contributed by atoms with E-state index in [-0.39, 0.29) is 28.8 Å². The second-order valence-electron chi connectivity index (χ2n) is 7.96. The maximum atomic E-state index is 13.0. The molecule has 4 rings (SSSR count). The highest BCUT2D eigenvalue weighted by Crippen LogP contribution is 2.35. The average Bonchev–Trinajstić information content (AvgIpc) is 3.55. The molecule has 1 aromatic rings. The lowest BCUT2D eigenvalue weighted by Gasteiger charge is -2.43. The fourth-order valence-corrected chi connectivity index (χ4v) is 6.07. The Bertz CT molecular complexity index is 813. The van der Waals surface area contributed by atoms with Crippen molar-refractivity contribution in [2.45, 2.75) is 55.5 Å². The molecule has 2 heterocycles. The Balaban J connectivity index is 1.46. The number of hydrogen-bond acceptors (Lipinski definition) is 4. The van der Waals surface area contributed by atoms with Crippen LogP contribution >= 0.6 is 11.6 Å². The van der Waals surface area contributed by atoms with Crippen LogP contribution in [0.3, 0.4) is 0 Å². The highest BCUT2D eigenvalue weighted by Gasteiger charge is 2.41. The standard InChI is InChI=1S/C20H27ClN2O4S/c21-16-2-1-3-19(14-16)28(25,26)22-10-6-17(7-11-22)23(20(24)15-4-5-15)18-8-12-27-13-9-18/h1-3,14-15,17-18H,4-13H2. The Morgan fingerprint density at radius 1 is 1.04 bits per heavy atom. The van der Waals surface area contributed by atoms with Gasteiger partial charge >= 0.3 is 0 Å². The molecule has 8 heteroatoms. The molecule has 154 valence electrons. The molecule has 0 atom stereocenters. The number of nitrogens with zero attached hydrogens (tertiary/aromatic N) is 2. The van der Waals surface area contributed by atoms with E-state index < -0.39 is 10.0 Å². The Hall–Kier alpha value is -1.15. The van der Waals surface area contributed by atoms with E-state index in [2.05, 4.69) is 4.90 Å². The summed E-state index contributed by atoms with van der Waals surface area (Å²) in [5, 5.41) is 0.414. The van der Waals surface area contributed by atoms with Crippen molar-refractivity contribution in [1.82, 2.24) is 9.21 Å². The van der Waals surface area contributed by atoms with Gasteiger partial charge in [0.2, 0.25) is 15.9 Å². The van der Waals surface area contributed by atoms with Crippen molar-refractivity contribution in [1.29, 1.82) is 0 Å². The van der Waals surface area contributed by atoms with Crippen LogP contribution in [-0.2, 0) is 19.6 Å². The number of ether oxygens (including phenoxy) is 1. The summed E-state index contributed by atoms with van der Waals surface area (Å²) in [5.41, 5.74) is 0. The summed E-state index contributed by atoms with van der Waals surface area (Å²) in [5.74, 6) is 0.444. The van der Waals surface area contributed by atoms with Crippen molar-refractivity contribution >= 4 is 27.5 Å². The first-order chi connectivity index (χ1) is 13.5. The molecule has 0 spiro atoms. The van der Waals surface area contributed by atoms with Gasteiger partial charge in [0.1, 0.15) is 0 Å². The number of amides is 1. The minimum Gasteiger partial charge on any atom is -0.381 e. The van der Waals surface area contributed by atoms with Crippen LogP contribution in [0, 0.1) is 5.92 Å². The molecule has 1 aliphatic carbocycles. The molecule has 0 N–H and O–H groups in total. The van der Waals surface area contributed by atoms with Gasteiger partial charge in [-0.25, -0.2) is 8.42 Å². The molecule has 1 saturated carbocycles. The highest BCUT2D eigenvalue weighted by molar-refractivity contribution is 7.89. The third kappa shape index (κ3) is 4.22. The van der Waals surface area contributed by atoms with Crippen molar-refractivity contribution in [2.24, 2.45) is 5.92 Å². The van der Waals surface area contributed by atoms with Crippen molar-refractivity contribution in [3.8, 4) is 0 Å². The number of benzene rings is 1. The van der Waals surface area contributed by atoms with Gasteiger partial charge in [-0.2, -0.15) is 4.31 Å². The fourth-order valence-electron chi connectivity index (χ4n) is 4.30. The molecule has 0 bridgehead atoms.